The Balaban J connectivity index is 1.66. The summed E-state index contributed by atoms with van der Waals surface area (Å²) in [4.78, 5) is 35.6. The van der Waals surface area contributed by atoms with E-state index in [1.807, 2.05) is 6.92 Å². The number of phenolic OH excluding ortho intramolecular Hbond substituents is 1. The maximum Gasteiger partial charge on any atom is 0.336 e. The second kappa shape index (κ2) is 8.55. The van der Waals surface area contributed by atoms with Gasteiger partial charge in [-0.25, -0.2) is 9.18 Å². The Morgan fingerprint density at radius 3 is 2.55 bits per heavy atom. The van der Waals surface area contributed by atoms with Crippen molar-refractivity contribution in [3.05, 3.63) is 75.4 Å². The van der Waals surface area contributed by atoms with Gasteiger partial charge in [-0.2, -0.15) is 0 Å². The van der Waals surface area contributed by atoms with Gasteiger partial charge >= 0.3 is 11.6 Å². The molecule has 0 fully saturated rings. The summed E-state index contributed by atoms with van der Waals surface area (Å²) in [7, 11) is 0. The van der Waals surface area contributed by atoms with Crippen LogP contribution < -0.4 is 10.9 Å². The van der Waals surface area contributed by atoms with Crippen molar-refractivity contribution in [1.82, 2.24) is 5.32 Å². The van der Waals surface area contributed by atoms with Gasteiger partial charge in [0.25, 0.3) is 5.91 Å². The molecule has 7 nitrogen and oxygen atoms in total. The molecule has 29 heavy (non-hydrogen) atoms. The van der Waals surface area contributed by atoms with Crippen LogP contribution >= 0.6 is 0 Å². The highest BCUT2D eigenvalue weighted by Crippen LogP contribution is 2.27. The molecule has 3 aromatic rings. The number of amides is 1. The van der Waals surface area contributed by atoms with Crippen LogP contribution in [0, 0.1) is 5.82 Å². The third kappa shape index (κ3) is 4.78. The Morgan fingerprint density at radius 1 is 1.14 bits per heavy atom. The van der Waals surface area contributed by atoms with Gasteiger partial charge in [0.1, 0.15) is 30.3 Å². The Morgan fingerprint density at radius 2 is 1.86 bits per heavy atom. The van der Waals surface area contributed by atoms with Gasteiger partial charge in [0.2, 0.25) is 0 Å². The standard InChI is InChI=1S/C21H18FNO6/c1-2-12-7-16-14(8-19(25)29-18(16)9-17(12)24)11-28-20(26)10-23-21(27)13-3-5-15(22)6-4-13/h3-9,24H,2,10-11H2,1H3,(H,23,27). The highest BCUT2D eigenvalue weighted by atomic mass is 19.1. The molecule has 0 bridgehead atoms. The van der Waals surface area contributed by atoms with Crippen LogP contribution in [0.4, 0.5) is 4.39 Å². The fourth-order valence-electron chi connectivity index (χ4n) is 2.77. The number of esters is 1. The molecule has 0 atom stereocenters. The molecule has 1 amide bonds. The molecule has 2 aromatic carbocycles. The third-order valence-electron chi connectivity index (χ3n) is 4.30. The number of fused-ring (bicyclic) bond motifs is 1. The van der Waals surface area contributed by atoms with Gasteiger partial charge in [0.15, 0.2) is 0 Å². The molecule has 0 aliphatic heterocycles. The van der Waals surface area contributed by atoms with Crippen molar-refractivity contribution in [2.45, 2.75) is 20.0 Å². The maximum absolute atomic E-state index is 12.9. The number of carbonyl (C=O) groups is 2. The van der Waals surface area contributed by atoms with E-state index in [1.54, 1.807) is 6.07 Å². The minimum absolute atomic E-state index is 0.0146. The number of hydrogen-bond donors (Lipinski definition) is 2. The average molecular weight is 399 g/mol. The van der Waals surface area contributed by atoms with E-state index in [0.29, 0.717) is 22.9 Å². The Hall–Kier alpha value is -3.68. The zero-order valence-electron chi connectivity index (χ0n) is 15.5. The smallest absolute Gasteiger partial charge is 0.336 e. The van der Waals surface area contributed by atoms with E-state index in [0.717, 1.165) is 12.1 Å². The minimum atomic E-state index is -0.712. The predicted octanol–water partition coefficient (Wildman–Crippen LogP) is 2.67. The van der Waals surface area contributed by atoms with Crippen molar-refractivity contribution < 1.29 is 28.2 Å². The largest absolute Gasteiger partial charge is 0.508 e. The first-order chi connectivity index (χ1) is 13.9. The lowest BCUT2D eigenvalue weighted by Gasteiger charge is -2.10. The summed E-state index contributed by atoms with van der Waals surface area (Å²) in [6.45, 7) is 1.27. The topological polar surface area (TPSA) is 106 Å². The predicted molar refractivity (Wildman–Crippen MR) is 102 cm³/mol. The summed E-state index contributed by atoms with van der Waals surface area (Å²) >= 11 is 0. The van der Waals surface area contributed by atoms with Crippen LogP contribution in [0.25, 0.3) is 11.0 Å². The molecule has 0 aliphatic carbocycles. The second-order valence-corrected chi connectivity index (χ2v) is 6.27. The van der Waals surface area contributed by atoms with Gasteiger partial charge in [-0.3, -0.25) is 9.59 Å². The number of hydrogen-bond acceptors (Lipinski definition) is 6. The van der Waals surface area contributed by atoms with E-state index in [2.05, 4.69) is 5.32 Å². The lowest BCUT2D eigenvalue weighted by Crippen LogP contribution is -2.30. The van der Waals surface area contributed by atoms with Crippen molar-refractivity contribution in [3.8, 4) is 5.75 Å². The Bertz CT molecular complexity index is 1120. The van der Waals surface area contributed by atoms with Crippen LogP contribution in [0.3, 0.4) is 0 Å². The maximum atomic E-state index is 12.9. The molecule has 0 saturated carbocycles. The Labute approximate surface area is 164 Å². The van der Waals surface area contributed by atoms with E-state index in [4.69, 9.17) is 9.15 Å². The van der Waals surface area contributed by atoms with E-state index in [1.165, 1.54) is 24.3 Å². The normalized spacial score (nSPS) is 10.7. The number of carbonyl (C=O) groups excluding carboxylic acids is 2. The molecule has 1 heterocycles. The van der Waals surface area contributed by atoms with Crippen molar-refractivity contribution >= 4 is 22.8 Å². The van der Waals surface area contributed by atoms with Gasteiger partial charge in [0, 0.05) is 28.6 Å². The molecule has 0 spiro atoms. The van der Waals surface area contributed by atoms with Gasteiger partial charge in [-0.05, 0) is 42.3 Å². The third-order valence-corrected chi connectivity index (χ3v) is 4.30. The average Bonchev–Trinajstić information content (AvgIpc) is 2.70. The summed E-state index contributed by atoms with van der Waals surface area (Å²) in [5, 5.41) is 12.9. The van der Waals surface area contributed by atoms with E-state index in [9.17, 15) is 23.9 Å². The molecule has 8 heteroatoms. The number of aryl methyl sites for hydroxylation is 1. The number of phenols is 1. The summed E-state index contributed by atoms with van der Waals surface area (Å²) in [6.07, 6.45) is 0.565. The molecule has 0 saturated heterocycles. The highest BCUT2D eigenvalue weighted by molar-refractivity contribution is 5.95. The van der Waals surface area contributed by atoms with Crippen LogP contribution in [0.15, 0.2) is 51.7 Å². The quantitative estimate of drug-likeness (QED) is 0.488. The number of rotatable bonds is 6. The van der Waals surface area contributed by atoms with Crippen LogP contribution in [0.2, 0.25) is 0 Å². The van der Waals surface area contributed by atoms with E-state index < -0.39 is 29.9 Å². The molecule has 150 valence electrons. The first-order valence-corrected chi connectivity index (χ1v) is 8.85. The number of nitrogens with one attached hydrogen (secondary N) is 1. The van der Waals surface area contributed by atoms with Crippen LogP contribution in [0.1, 0.15) is 28.4 Å². The zero-order chi connectivity index (χ0) is 21.0. The fraction of sp³-hybridized carbons (Fsp3) is 0.190. The molecule has 0 unspecified atom stereocenters. The second-order valence-electron chi connectivity index (χ2n) is 6.27. The summed E-state index contributed by atoms with van der Waals surface area (Å²) in [6, 6.07) is 9.11. The van der Waals surface area contributed by atoms with Gasteiger partial charge in [-0.15, -0.1) is 0 Å². The SMILES string of the molecule is CCc1cc2c(COC(=O)CNC(=O)c3ccc(F)cc3)cc(=O)oc2cc1O. The molecular formula is C21H18FNO6. The first-order valence-electron chi connectivity index (χ1n) is 8.85. The summed E-state index contributed by atoms with van der Waals surface area (Å²) in [5.41, 5.74) is 0.826. The number of ether oxygens (including phenoxy) is 1. The molecular weight excluding hydrogens is 381 g/mol. The zero-order valence-corrected chi connectivity index (χ0v) is 15.5. The van der Waals surface area contributed by atoms with Crippen molar-refractivity contribution in [3.63, 3.8) is 0 Å². The van der Waals surface area contributed by atoms with Crippen molar-refractivity contribution in [2.24, 2.45) is 0 Å². The number of benzene rings is 2. The Kier molecular flexibility index (Phi) is 5.92. The van der Waals surface area contributed by atoms with Crippen LogP contribution in [0.5, 0.6) is 5.75 Å². The first kappa shape index (κ1) is 20.1. The van der Waals surface area contributed by atoms with E-state index in [-0.39, 0.29) is 23.5 Å². The lowest BCUT2D eigenvalue weighted by molar-refractivity contribution is -0.143. The molecule has 0 aliphatic rings. The molecule has 0 radical (unpaired) electrons. The molecule has 2 N–H and O–H groups in total. The van der Waals surface area contributed by atoms with Crippen molar-refractivity contribution in [2.75, 3.05) is 6.54 Å². The monoisotopic (exact) mass is 399 g/mol. The van der Waals surface area contributed by atoms with Gasteiger partial charge in [0.05, 0.1) is 0 Å². The van der Waals surface area contributed by atoms with Crippen molar-refractivity contribution in [1.29, 1.82) is 0 Å². The molecule has 1 aromatic heterocycles. The summed E-state index contributed by atoms with van der Waals surface area (Å²) in [5.74, 6) is -1.71. The fourth-order valence-corrected chi connectivity index (χ4v) is 2.77. The van der Waals surface area contributed by atoms with Gasteiger partial charge in [-0.1, -0.05) is 6.92 Å². The lowest BCUT2D eigenvalue weighted by atomic mass is 10.0. The number of halogens is 1. The number of aromatic hydroxyl groups is 1. The summed E-state index contributed by atoms with van der Waals surface area (Å²) < 4.78 is 23.1. The van der Waals surface area contributed by atoms with E-state index >= 15 is 0 Å². The molecule has 3 rings (SSSR count). The highest BCUT2D eigenvalue weighted by Gasteiger charge is 2.13. The minimum Gasteiger partial charge on any atom is -0.508 e. The van der Waals surface area contributed by atoms with Crippen LogP contribution in [-0.2, 0) is 22.6 Å². The van der Waals surface area contributed by atoms with Gasteiger partial charge < -0.3 is 19.6 Å². The van der Waals surface area contributed by atoms with Crippen LogP contribution in [-0.4, -0.2) is 23.5 Å².